The van der Waals surface area contributed by atoms with E-state index in [2.05, 4.69) is 5.32 Å². The van der Waals surface area contributed by atoms with Crippen molar-refractivity contribution in [2.45, 2.75) is 19.4 Å². The summed E-state index contributed by atoms with van der Waals surface area (Å²) in [6.07, 6.45) is 2.44. The monoisotopic (exact) mass is 271 g/mol. The molecular formula is C13H18FNO2S. The van der Waals surface area contributed by atoms with Crippen molar-refractivity contribution in [3.63, 3.8) is 0 Å². The fourth-order valence-electron chi connectivity index (χ4n) is 1.66. The predicted molar refractivity (Wildman–Crippen MR) is 72.5 cm³/mol. The number of rotatable bonds is 6. The van der Waals surface area contributed by atoms with Crippen LogP contribution < -0.4 is 5.32 Å². The molecule has 0 saturated carbocycles. The van der Waals surface area contributed by atoms with Crippen molar-refractivity contribution < 1.29 is 14.3 Å². The Morgan fingerprint density at radius 1 is 1.56 bits per heavy atom. The van der Waals surface area contributed by atoms with E-state index in [0.717, 1.165) is 11.3 Å². The van der Waals surface area contributed by atoms with Crippen molar-refractivity contribution in [2.24, 2.45) is 0 Å². The molecule has 1 aromatic rings. The predicted octanol–water partition coefficient (Wildman–Crippen LogP) is 1.98. The number of hydrogen-bond acceptors (Lipinski definition) is 3. The summed E-state index contributed by atoms with van der Waals surface area (Å²) in [6.45, 7) is 1.79. The summed E-state index contributed by atoms with van der Waals surface area (Å²) in [6, 6.07) is 4.05. The average molecular weight is 271 g/mol. The molecule has 3 nitrogen and oxygen atoms in total. The number of thioether (sulfide) groups is 1. The van der Waals surface area contributed by atoms with Crippen LogP contribution in [0.5, 0.6) is 0 Å². The topological polar surface area (TPSA) is 49.3 Å². The van der Waals surface area contributed by atoms with Gasteiger partial charge < -0.3 is 10.4 Å². The number of carbonyl (C=O) groups is 1. The average Bonchev–Trinajstić information content (AvgIpc) is 2.33. The Labute approximate surface area is 111 Å². The quantitative estimate of drug-likeness (QED) is 0.832. The van der Waals surface area contributed by atoms with Crippen molar-refractivity contribution in [2.75, 3.05) is 18.6 Å². The van der Waals surface area contributed by atoms with Gasteiger partial charge in [0.05, 0.1) is 0 Å². The van der Waals surface area contributed by atoms with Crippen LogP contribution >= 0.6 is 11.8 Å². The van der Waals surface area contributed by atoms with Gasteiger partial charge in [-0.25, -0.2) is 4.39 Å². The Morgan fingerprint density at radius 2 is 2.28 bits per heavy atom. The van der Waals surface area contributed by atoms with E-state index in [1.54, 1.807) is 24.8 Å². The van der Waals surface area contributed by atoms with Crippen molar-refractivity contribution >= 4 is 17.7 Å². The van der Waals surface area contributed by atoms with Gasteiger partial charge in [0, 0.05) is 24.0 Å². The summed E-state index contributed by atoms with van der Waals surface area (Å²) in [5.41, 5.74) is 1.08. The van der Waals surface area contributed by atoms with Crippen molar-refractivity contribution in [1.82, 2.24) is 5.32 Å². The third-order valence-electron chi connectivity index (χ3n) is 2.62. The van der Waals surface area contributed by atoms with Gasteiger partial charge in [0.1, 0.15) is 5.82 Å². The second-order valence-corrected chi connectivity index (χ2v) is 5.01. The van der Waals surface area contributed by atoms with Gasteiger partial charge in [-0.3, -0.25) is 4.79 Å². The Kier molecular flexibility index (Phi) is 6.15. The molecule has 1 aromatic carbocycles. The van der Waals surface area contributed by atoms with Crippen LogP contribution in [0.4, 0.5) is 4.39 Å². The summed E-state index contributed by atoms with van der Waals surface area (Å²) >= 11 is 1.59. The summed E-state index contributed by atoms with van der Waals surface area (Å²) in [4.78, 5) is 12.0. The lowest BCUT2D eigenvalue weighted by molar-refractivity contribution is 0.0934. The molecule has 1 atom stereocenters. The maximum atomic E-state index is 13.1. The molecule has 5 heteroatoms. The molecule has 0 radical (unpaired) electrons. The minimum Gasteiger partial charge on any atom is -0.396 e. The molecule has 1 amide bonds. The number of amides is 1. The lowest BCUT2D eigenvalue weighted by Crippen LogP contribution is -2.37. The first kappa shape index (κ1) is 15.0. The molecule has 0 aliphatic carbocycles. The van der Waals surface area contributed by atoms with Gasteiger partial charge in [-0.05, 0) is 37.3 Å². The normalized spacial score (nSPS) is 12.2. The number of halogens is 1. The summed E-state index contributed by atoms with van der Waals surface area (Å²) < 4.78 is 13.1. The van der Waals surface area contributed by atoms with Crippen LogP contribution in [-0.2, 0) is 0 Å². The molecular weight excluding hydrogens is 253 g/mol. The molecule has 0 aromatic heterocycles. The standard InChI is InChI=1S/C13H18FNO2S/c1-9-3-4-10(14)7-12(9)13(17)15-11(5-6-16)8-18-2/h3-4,7,11,16H,5-6,8H2,1-2H3,(H,15,17). The second-order valence-electron chi connectivity index (χ2n) is 4.10. The van der Waals surface area contributed by atoms with Gasteiger partial charge in [-0.2, -0.15) is 11.8 Å². The molecule has 0 fully saturated rings. The first-order valence-corrected chi connectivity index (χ1v) is 7.14. The van der Waals surface area contributed by atoms with Crippen LogP contribution in [0.25, 0.3) is 0 Å². The third kappa shape index (κ3) is 4.31. The lowest BCUT2D eigenvalue weighted by Gasteiger charge is -2.17. The molecule has 0 bridgehead atoms. The highest BCUT2D eigenvalue weighted by Gasteiger charge is 2.15. The Balaban J connectivity index is 2.76. The number of hydrogen-bond donors (Lipinski definition) is 2. The minimum atomic E-state index is -0.422. The zero-order valence-corrected chi connectivity index (χ0v) is 11.4. The van der Waals surface area contributed by atoms with Gasteiger partial charge in [-0.1, -0.05) is 6.07 Å². The summed E-state index contributed by atoms with van der Waals surface area (Å²) in [7, 11) is 0. The van der Waals surface area contributed by atoms with Gasteiger partial charge in [0.2, 0.25) is 0 Å². The zero-order chi connectivity index (χ0) is 13.5. The highest BCUT2D eigenvalue weighted by atomic mass is 32.2. The Hall–Kier alpha value is -1.07. The van der Waals surface area contributed by atoms with Gasteiger partial charge in [-0.15, -0.1) is 0 Å². The van der Waals surface area contributed by atoms with Crippen molar-refractivity contribution in [3.8, 4) is 0 Å². The SMILES string of the molecule is CSCC(CCO)NC(=O)c1cc(F)ccc1C. The first-order valence-electron chi connectivity index (χ1n) is 5.75. The van der Waals surface area contributed by atoms with Crippen LogP contribution in [0.3, 0.4) is 0 Å². The Bertz CT molecular complexity index is 406. The molecule has 0 heterocycles. The number of aliphatic hydroxyl groups excluding tert-OH is 1. The summed E-state index contributed by atoms with van der Waals surface area (Å²) in [5, 5.41) is 11.7. The molecule has 0 spiro atoms. The van der Waals surface area contributed by atoms with Gasteiger partial charge in [0.25, 0.3) is 5.91 Å². The highest BCUT2D eigenvalue weighted by Crippen LogP contribution is 2.11. The number of aliphatic hydroxyl groups is 1. The van der Waals surface area contributed by atoms with Crippen LogP contribution in [0.2, 0.25) is 0 Å². The molecule has 0 aliphatic rings. The molecule has 0 aliphatic heterocycles. The number of benzene rings is 1. The van der Waals surface area contributed by atoms with E-state index in [4.69, 9.17) is 5.11 Å². The van der Waals surface area contributed by atoms with Gasteiger partial charge >= 0.3 is 0 Å². The maximum absolute atomic E-state index is 13.1. The van der Waals surface area contributed by atoms with Crippen LogP contribution in [0.1, 0.15) is 22.3 Å². The zero-order valence-electron chi connectivity index (χ0n) is 10.6. The number of aryl methyl sites for hydroxylation is 1. The molecule has 0 saturated heterocycles. The molecule has 1 rings (SSSR count). The van der Waals surface area contributed by atoms with E-state index >= 15 is 0 Å². The highest BCUT2D eigenvalue weighted by molar-refractivity contribution is 7.98. The van der Waals surface area contributed by atoms with E-state index in [-0.39, 0.29) is 18.6 Å². The molecule has 1 unspecified atom stereocenters. The van der Waals surface area contributed by atoms with Crippen molar-refractivity contribution in [1.29, 1.82) is 0 Å². The van der Waals surface area contributed by atoms with Crippen molar-refractivity contribution in [3.05, 3.63) is 35.1 Å². The van der Waals surface area contributed by atoms with Gasteiger partial charge in [0.15, 0.2) is 0 Å². The van der Waals surface area contributed by atoms with E-state index in [1.165, 1.54) is 12.1 Å². The molecule has 18 heavy (non-hydrogen) atoms. The lowest BCUT2D eigenvalue weighted by atomic mass is 10.1. The van der Waals surface area contributed by atoms with E-state index in [0.29, 0.717) is 12.0 Å². The molecule has 100 valence electrons. The Morgan fingerprint density at radius 3 is 2.89 bits per heavy atom. The number of nitrogens with one attached hydrogen (secondary N) is 1. The minimum absolute atomic E-state index is 0.0215. The number of carbonyl (C=O) groups excluding carboxylic acids is 1. The maximum Gasteiger partial charge on any atom is 0.251 e. The largest absolute Gasteiger partial charge is 0.396 e. The van der Waals surface area contributed by atoms with Crippen LogP contribution in [0, 0.1) is 12.7 Å². The fourth-order valence-corrected chi connectivity index (χ4v) is 2.31. The molecule has 2 N–H and O–H groups in total. The summed E-state index contributed by atoms with van der Waals surface area (Å²) in [5.74, 6) is 0.00883. The van der Waals surface area contributed by atoms with Crippen LogP contribution in [0.15, 0.2) is 18.2 Å². The van der Waals surface area contributed by atoms with E-state index in [1.807, 2.05) is 6.26 Å². The van der Waals surface area contributed by atoms with E-state index < -0.39 is 5.82 Å². The fraction of sp³-hybridized carbons (Fsp3) is 0.462. The van der Waals surface area contributed by atoms with Crippen LogP contribution in [-0.4, -0.2) is 35.7 Å². The smallest absolute Gasteiger partial charge is 0.251 e. The first-order chi connectivity index (χ1) is 8.58. The van der Waals surface area contributed by atoms with E-state index in [9.17, 15) is 9.18 Å². The second kappa shape index (κ2) is 7.38. The third-order valence-corrected chi connectivity index (χ3v) is 3.36.